The van der Waals surface area contributed by atoms with Gasteiger partial charge < -0.3 is 14.8 Å². The van der Waals surface area contributed by atoms with Gasteiger partial charge in [-0.05, 0) is 32.0 Å². The molecule has 20 heavy (non-hydrogen) atoms. The molecule has 1 aliphatic rings. The maximum atomic E-state index is 11.7. The molecule has 110 valence electrons. The lowest BCUT2D eigenvalue weighted by Gasteiger charge is -2.36. The van der Waals surface area contributed by atoms with E-state index in [9.17, 15) is 4.79 Å². The van der Waals surface area contributed by atoms with Crippen LogP contribution in [0.15, 0.2) is 24.3 Å². The van der Waals surface area contributed by atoms with E-state index in [0.717, 1.165) is 6.54 Å². The molecule has 5 nitrogen and oxygen atoms in total. The summed E-state index contributed by atoms with van der Waals surface area (Å²) in [6.07, 6.45) is -0.650. The molecule has 0 aliphatic carbocycles. The number of morpholine rings is 1. The zero-order chi connectivity index (χ0) is 14.6. The van der Waals surface area contributed by atoms with Gasteiger partial charge in [0.1, 0.15) is 12.7 Å². The van der Waals surface area contributed by atoms with Gasteiger partial charge in [-0.1, -0.05) is 17.7 Å². The molecule has 0 spiro atoms. The lowest BCUT2D eigenvalue weighted by atomic mass is 10.1. The van der Waals surface area contributed by atoms with Crippen molar-refractivity contribution in [2.75, 3.05) is 25.0 Å². The van der Waals surface area contributed by atoms with Crippen LogP contribution in [-0.4, -0.2) is 37.5 Å². The summed E-state index contributed by atoms with van der Waals surface area (Å²) in [4.78, 5) is 11.7. The number of carbonyl (C=O) groups is 1. The second kappa shape index (κ2) is 6.43. The molecule has 0 saturated carbocycles. The summed E-state index contributed by atoms with van der Waals surface area (Å²) in [5.41, 5.74) is 0.362. The average Bonchev–Trinajstić information content (AvgIpc) is 2.35. The van der Waals surface area contributed by atoms with Gasteiger partial charge in [-0.2, -0.15) is 0 Å². The number of amides is 1. The first-order valence-corrected chi connectivity index (χ1v) is 6.90. The number of anilines is 1. The van der Waals surface area contributed by atoms with E-state index >= 15 is 0 Å². The minimum Gasteiger partial charge on any atom is -0.446 e. The van der Waals surface area contributed by atoms with E-state index in [1.54, 1.807) is 24.3 Å². The Kier molecular flexibility index (Phi) is 4.86. The lowest BCUT2D eigenvalue weighted by Crippen LogP contribution is -2.52. The maximum absolute atomic E-state index is 11.7. The van der Waals surface area contributed by atoms with Crippen molar-refractivity contribution in [2.24, 2.45) is 0 Å². The minimum atomic E-state index is -0.515. The van der Waals surface area contributed by atoms with Crippen molar-refractivity contribution in [1.29, 1.82) is 0 Å². The highest BCUT2D eigenvalue weighted by atomic mass is 35.5. The summed E-state index contributed by atoms with van der Waals surface area (Å²) in [5, 5.41) is 6.43. The quantitative estimate of drug-likeness (QED) is 0.901. The van der Waals surface area contributed by atoms with Crippen LogP contribution in [0.1, 0.15) is 13.8 Å². The molecule has 1 aromatic rings. The molecule has 2 rings (SSSR count). The SMILES string of the molecule is CC1(C)CNCC(COC(=O)Nc2cccc(Cl)c2)O1. The van der Waals surface area contributed by atoms with Gasteiger partial charge in [-0.15, -0.1) is 0 Å². The fourth-order valence-corrected chi connectivity index (χ4v) is 2.24. The smallest absolute Gasteiger partial charge is 0.411 e. The van der Waals surface area contributed by atoms with Crippen molar-refractivity contribution in [3.8, 4) is 0 Å². The van der Waals surface area contributed by atoms with E-state index in [1.165, 1.54) is 0 Å². The molecule has 0 bridgehead atoms. The van der Waals surface area contributed by atoms with Crippen LogP contribution in [0.2, 0.25) is 5.02 Å². The minimum absolute atomic E-state index is 0.135. The number of rotatable bonds is 3. The number of carbonyl (C=O) groups excluding carboxylic acids is 1. The Morgan fingerprint density at radius 1 is 1.60 bits per heavy atom. The van der Waals surface area contributed by atoms with Gasteiger partial charge in [-0.25, -0.2) is 4.79 Å². The Balaban J connectivity index is 1.78. The van der Waals surface area contributed by atoms with Gasteiger partial charge >= 0.3 is 6.09 Å². The van der Waals surface area contributed by atoms with Crippen molar-refractivity contribution in [2.45, 2.75) is 25.6 Å². The number of hydrogen-bond acceptors (Lipinski definition) is 4. The molecular weight excluding hydrogens is 280 g/mol. The molecule has 1 unspecified atom stereocenters. The average molecular weight is 299 g/mol. The van der Waals surface area contributed by atoms with Gasteiger partial charge in [-0.3, -0.25) is 5.32 Å². The third-order valence-electron chi connectivity index (χ3n) is 2.88. The van der Waals surface area contributed by atoms with Gasteiger partial charge in [0.2, 0.25) is 0 Å². The molecule has 0 radical (unpaired) electrons. The maximum Gasteiger partial charge on any atom is 0.411 e. The first-order valence-electron chi connectivity index (χ1n) is 6.52. The van der Waals surface area contributed by atoms with E-state index in [1.807, 2.05) is 13.8 Å². The fourth-order valence-electron chi connectivity index (χ4n) is 2.05. The summed E-state index contributed by atoms with van der Waals surface area (Å²) in [7, 11) is 0. The van der Waals surface area contributed by atoms with Gasteiger partial charge in [0.15, 0.2) is 0 Å². The Hall–Kier alpha value is -1.30. The van der Waals surface area contributed by atoms with Crippen molar-refractivity contribution in [3.63, 3.8) is 0 Å². The molecule has 1 heterocycles. The van der Waals surface area contributed by atoms with Gasteiger partial charge in [0, 0.05) is 23.8 Å². The first-order chi connectivity index (χ1) is 9.44. The van der Waals surface area contributed by atoms with Crippen molar-refractivity contribution in [1.82, 2.24) is 5.32 Å². The van der Waals surface area contributed by atoms with E-state index in [0.29, 0.717) is 17.3 Å². The monoisotopic (exact) mass is 298 g/mol. The second-order valence-electron chi connectivity index (χ2n) is 5.36. The van der Waals surface area contributed by atoms with Crippen molar-refractivity contribution < 1.29 is 14.3 Å². The Morgan fingerprint density at radius 3 is 3.10 bits per heavy atom. The number of hydrogen-bond donors (Lipinski definition) is 2. The second-order valence-corrected chi connectivity index (χ2v) is 5.80. The Bertz CT molecular complexity index is 479. The van der Waals surface area contributed by atoms with E-state index < -0.39 is 6.09 Å². The molecule has 1 aromatic carbocycles. The first kappa shape index (κ1) is 15.1. The van der Waals surface area contributed by atoms with Crippen LogP contribution in [0.4, 0.5) is 10.5 Å². The zero-order valence-corrected chi connectivity index (χ0v) is 12.4. The number of ether oxygens (including phenoxy) is 2. The van der Waals surface area contributed by atoms with E-state index in [-0.39, 0.29) is 18.3 Å². The lowest BCUT2D eigenvalue weighted by molar-refractivity contribution is -0.110. The number of benzene rings is 1. The normalized spacial score (nSPS) is 21.2. The molecule has 1 amide bonds. The fraction of sp³-hybridized carbons (Fsp3) is 0.500. The molecule has 1 fully saturated rings. The Morgan fingerprint density at radius 2 is 2.40 bits per heavy atom. The summed E-state index contributed by atoms with van der Waals surface area (Å²) >= 11 is 5.84. The molecule has 1 aliphatic heterocycles. The van der Waals surface area contributed by atoms with Crippen molar-refractivity contribution in [3.05, 3.63) is 29.3 Å². The van der Waals surface area contributed by atoms with Crippen LogP contribution < -0.4 is 10.6 Å². The highest BCUT2D eigenvalue weighted by molar-refractivity contribution is 6.30. The summed E-state index contributed by atoms with van der Waals surface area (Å²) in [6, 6.07) is 6.90. The van der Waals surface area contributed by atoms with Crippen molar-refractivity contribution >= 4 is 23.4 Å². The topological polar surface area (TPSA) is 59.6 Å². The molecule has 0 aromatic heterocycles. The largest absolute Gasteiger partial charge is 0.446 e. The van der Waals surface area contributed by atoms with Gasteiger partial charge in [0.05, 0.1) is 5.60 Å². The van der Waals surface area contributed by atoms with Crippen LogP contribution in [0.25, 0.3) is 0 Å². The summed E-state index contributed by atoms with van der Waals surface area (Å²) in [5.74, 6) is 0. The molecule has 1 saturated heterocycles. The molecule has 6 heteroatoms. The predicted octanol–water partition coefficient (Wildman–Crippen LogP) is 2.66. The van der Waals surface area contributed by atoms with Crippen LogP contribution >= 0.6 is 11.6 Å². The zero-order valence-electron chi connectivity index (χ0n) is 11.6. The predicted molar refractivity (Wildman–Crippen MR) is 78.2 cm³/mol. The summed E-state index contributed by atoms with van der Waals surface area (Å²) < 4.78 is 11.0. The Labute approximate surface area is 123 Å². The van der Waals surface area contributed by atoms with E-state index in [2.05, 4.69) is 10.6 Å². The molecular formula is C14H19ClN2O3. The highest BCUT2D eigenvalue weighted by Crippen LogP contribution is 2.17. The van der Waals surface area contributed by atoms with Crippen LogP contribution in [0, 0.1) is 0 Å². The molecule has 2 N–H and O–H groups in total. The van der Waals surface area contributed by atoms with E-state index in [4.69, 9.17) is 21.1 Å². The third kappa shape index (κ3) is 4.67. The van der Waals surface area contributed by atoms with Crippen LogP contribution in [0.5, 0.6) is 0 Å². The van der Waals surface area contributed by atoms with Gasteiger partial charge in [0.25, 0.3) is 0 Å². The molecule has 1 atom stereocenters. The summed E-state index contributed by atoms with van der Waals surface area (Å²) in [6.45, 7) is 5.67. The van der Waals surface area contributed by atoms with Crippen LogP contribution in [-0.2, 0) is 9.47 Å². The number of nitrogens with one attached hydrogen (secondary N) is 2. The third-order valence-corrected chi connectivity index (χ3v) is 3.11. The standard InChI is InChI=1S/C14H19ClN2O3/c1-14(2)9-16-7-12(20-14)8-19-13(18)17-11-5-3-4-10(15)6-11/h3-6,12,16H,7-9H2,1-2H3,(H,17,18). The van der Waals surface area contributed by atoms with Crippen LogP contribution in [0.3, 0.4) is 0 Å². The number of halogens is 1. The highest BCUT2D eigenvalue weighted by Gasteiger charge is 2.28.